The van der Waals surface area contributed by atoms with Crippen LogP contribution >= 0.6 is 0 Å². The SMILES string of the molecule is CC(C)(C)OC(=O)OC1CCC([S+](C2CCC(OC(=O)OC(C)(C)C)CC2)C2CCC(OC(=O)OC(C)(C)C)CC2)CC1. The van der Waals surface area contributed by atoms with Crippen LogP contribution in [-0.2, 0) is 39.3 Å². The molecule has 3 aliphatic carbocycles. The molecule has 43 heavy (non-hydrogen) atoms. The van der Waals surface area contributed by atoms with Gasteiger partial charge in [-0.3, -0.25) is 0 Å². The van der Waals surface area contributed by atoms with Gasteiger partial charge in [-0.15, -0.1) is 0 Å². The summed E-state index contributed by atoms with van der Waals surface area (Å²) in [4.78, 5) is 36.8. The molecule has 248 valence electrons. The summed E-state index contributed by atoms with van der Waals surface area (Å²) in [5.74, 6) is 0. The Morgan fingerprint density at radius 1 is 0.419 bits per heavy atom. The Morgan fingerprint density at radius 3 is 0.814 bits per heavy atom. The van der Waals surface area contributed by atoms with Crippen molar-refractivity contribution in [2.75, 3.05) is 0 Å². The van der Waals surface area contributed by atoms with Crippen LogP contribution in [0.4, 0.5) is 14.4 Å². The Hall–Kier alpha value is -1.84. The second-order valence-corrected chi connectivity index (χ2v) is 18.2. The third kappa shape index (κ3) is 13.0. The summed E-state index contributed by atoms with van der Waals surface area (Å²) in [7, 11) is 0.171. The number of ether oxygens (including phenoxy) is 6. The van der Waals surface area contributed by atoms with E-state index >= 15 is 0 Å². The Labute approximate surface area is 262 Å². The van der Waals surface area contributed by atoms with Crippen LogP contribution in [0, 0.1) is 0 Å². The minimum absolute atomic E-state index is 0.104. The third-order valence-electron chi connectivity index (χ3n) is 7.98. The molecule has 0 heterocycles. The van der Waals surface area contributed by atoms with Gasteiger partial charge in [-0.05, 0) is 150 Å². The molecule has 10 heteroatoms. The van der Waals surface area contributed by atoms with Gasteiger partial charge in [-0.25, -0.2) is 14.4 Å². The van der Waals surface area contributed by atoms with Crippen molar-refractivity contribution in [3.63, 3.8) is 0 Å². The molecule has 3 saturated carbocycles. The van der Waals surface area contributed by atoms with Crippen molar-refractivity contribution in [2.45, 2.75) is 190 Å². The van der Waals surface area contributed by atoms with Crippen molar-refractivity contribution >= 4 is 29.4 Å². The van der Waals surface area contributed by atoms with Crippen LogP contribution in [0.5, 0.6) is 0 Å². The monoisotopic (exact) mass is 629 g/mol. The van der Waals surface area contributed by atoms with E-state index in [2.05, 4.69) is 0 Å². The minimum atomic E-state index is -0.582. The van der Waals surface area contributed by atoms with Gasteiger partial charge in [-0.1, -0.05) is 0 Å². The summed E-state index contributed by atoms with van der Waals surface area (Å²) in [5.41, 5.74) is -1.71. The quantitative estimate of drug-likeness (QED) is 0.163. The summed E-state index contributed by atoms with van der Waals surface area (Å²) < 4.78 is 33.2. The fourth-order valence-electron chi connectivity index (χ4n) is 6.31. The predicted octanol–water partition coefficient (Wildman–Crippen LogP) is 8.39. The van der Waals surface area contributed by atoms with E-state index in [1.165, 1.54) is 0 Å². The topological polar surface area (TPSA) is 107 Å². The summed E-state index contributed by atoms with van der Waals surface area (Å²) >= 11 is 0. The fraction of sp³-hybridized carbons (Fsp3) is 0.909. The van der Waals surface area contributed by atoms with Crippen LogP contribution in [-0.4, -0.2) is 69.3 Å². The molecule has 0 aromatic carbocycles. The molecule has 3 fully saturated rings. The van der Waals surface area contributed by atoms with Gasteiger partial charge >= 0.3 is 18.5 Å². The number of carbonyl (C=O) groups excluding carboxylic acids is 3. The molecule has 0 aliphatic heterocycles. The molecule has 0 N–H and O–H groups in total. The van der Waals surface area contributed by atoms with Crippen molar-refractivity contribution in [1.29, 1.82) is 0 Å². The van der Waals surface area contributed by atoms with Crippen LogP contribution < -0.4 is 0 Å². The van der Waals surface area contributed by atoms with Gasteiger partial charge in [0.05, 0.1) is 0 Å². The van der Waals surface area contributed by atoms with Crippen molar-refractivity contribution in [3.05, 3.63) is 0 Å². The average Bonchev–Trinajstić information content (AvgIpc) is 2.84. The highest BCUT2D eigenvalue weighted by atomic mass is 32.2. The molecule has 3 aliphatic rings. The van der Waals surface area contributed by atoms with E-state index < -0.39 is 35.3 Å². The standard InChI is InChI=1S/C33H57O9S/c1-31(2,3)40-28(34)37-22-10-16-25(17-11-22)43(26-18-12-23(13-19-26)38-29(35)41-32(4,5)6)27-20-14-24(15-21-27)39-30(36)42-33(7,8)9/h22-27H,10-21H2,1-9H3/q+1. The van der Waals surface area contributed by atoms with Crippen molar-refractivity contribution in [1.82, 2.24) is 0 Å². The highest BCUT2D eigenvalue weighted by Crippen LogP contribution is 2.42. The molecule has 0 atom stereocenters. The highest BCUT2D eigenvalue weighted by molar-refractivity contribution is 7.98. The molecular formula is C33H57O9S+. The van der Waals surface area contributed by atoms with Gasteiger partial charge in [0, 0.05) is 0 Å². The van der Waals surface area contributed by atoms with Crippen molar-refractivity contribution < 1.29 is 42.8 Å². The maximum absolute atomic E-state index is 12.3. The molecule has 0 aromatic rings. The Morgan fingerprint density at radius 2 is 0.628 bits per heavy atom. The Kier molecular flexibility index (Phi) is 12.4. The van der Waals surface area contributed by atoms with E-state index in [1.54, 1.807) is 0 Å². The minimum Gasteiger partial charge on any atom is -0.431 e. The zero-order valence-corrected chi connectivity index (χ0v) is 28.8. The molecule has 0 spiro atoms. The second-order valence-electron chi connectivity index (χ2n) is 15.4. The van der Waals surface area contributed by atoms with Gasteiger partial charge in [0.2, 0.25) is 0 Å². The van der Waals surface area contributed by atoms with E-state index in [1.807, 2.05) is 62.3 Å². The molecule has 0 aromatic heterocycles. The molecule has 0 unspecified atom stereocenters. The van der Waals surface area contributed by atoms with Crippen molar-refractivity contribution in [2.24, 2.45) is 0 Å². The first-order chi connectivity index (χ1) is 19.9. The Balaban J connectivity index is 1.60. The van der Waals surface area contributed by atoms with Gasteiger partial charge in [0.25, 0.3) is 0 Å². The lowest BCUT2D eigenvalue weighted by molar-refractivity contribution is -0.0340. The first kappa shape index (κ1) is 35.6. The normalized spacial score (nSPS) is 29.5. The van der Waals surface area contributed by atoms with Crippen LogP contribution in [0.1, 0.15) is 139 Å². The number of carbonyl (C=O) groups is 3. The van der Waals surface area contributed by atoms with Crippen LogP contribution in [0.15, 0.2) is 0 Å². The van der Waals surface area contributed by atoms with Crippen LogP contribution in [0.2, 0.25) is 0 Å². The summed E-state index contributed by atoms with van der Waals surface area (Å²) in [6, 6.07) is 0. The van der Waals surface area contributed by atoms with Gasteiger partial charge < -0.3 is 28.4 Å². The molecule has 9 nitrogen and oxygen atoms in total. The van der Waals surface area contributed by atoms with E-state index in [0.29, 0.717) is 15.7 Å². The van der Waals surface area contributed by atoms with Gasteiger partial charge in [-0.2, -0.15) is 0 Å². The maximum Gasteiger partial charge on any atom is 0.509 e. The molecule has 3 rings (SSSR count). The van der Waals surface area contributed by atoms with Crippen LogP contribution in [0.3, 0.4) is 0 Å². The average molecular weight is 630 g/mol. The lowest BCUT2D eigenvalue weighted by Gasteiger charge is -2.39. The Bertz CT molecular complexity index is 789. The molecule has 0 amide bonds. The van der Waals surface area contributed by atoms with E-state index in [0.717, 1.165) is 77.0 Å². The third-order valence-corrected chi connectivity index (χ3v) is 11.7. The number of hydrogen-bond donors (Lipinski definition) is 0. The number of rotatable bonds is 6. The summed E-state index contributed by atoms with van der Waals surface area (Å²) in [6.07, 6.45) is 9.20. The highest BCUT2D eigenvalue weighted by Gasteiger charge is 2.49. The summed E-state index contributed by atoms with van der Waals surface area (Å²) in [5, 5.41) is 1.71. The smallest absolute Gasteiger partial charge is 0.431 e. The lowest BCUT2D eigenvalue weighted by atomic mass is 9.96. The zero-order valence-electron chi connectivity index (χ0n) is 28.0. The predicted molar refractivity (Wildman–Crippen MR) is 167 cm³/mol. The van der Waals surface area contributed by atoms with Crippen LogP contribution in [0.25, 0.3) is 0 Å². The summed E-state index contributed by atoms with van der Waals surface area (Å²) in [6.45, 7) is 16.6. The van der Waals surface area contributed by atoms with E-state index in [9.17, 15) is 14.4 Å². The second kappa shape index (κ2) is 15.0. The first-order valence-electron chi connectivity index (χ1n) is 16.3. The van der Waals surface area contributed by atoms with E-state index in [-0.39, 0.29) is 29.2 Å². The lowest BCUT2D eigenvalue weighted by Crippen LogP contribution is -2.47. The molecule has 0 bridgehead atoms. The van der Waals surface area contributed by atoms with Gasteiger partial charge in [0.1, 0.15) is 50.9 Å². The molecule has 0 radical (unpaired) electrons. The van der Waals surface area contributed by atoms with Crippen molar-refractivity contribution in [3.8, 4) is 0 Å². The van der Waals surface area contributed by atoms with Gasteiger partial charge in [0.15, 0.2) is 0 Å². The molecule has 0 saturated heterocycles. The first-order valence-corrected chi connectivity index (χ1v) is 17.7. The fourth-order valence-corrected chi connectivity index (χ4v) is 10.4. The number of hydrogen-bond acceptors (Lipinski definition) is 9. The molecular weight excluding hydrogens is 572 g/mol. The largest absolute Gasteiger partial charge is 0.509 e. The maximum atomic E-state index is 12.3. The zero-order chi connectivity index (χ0) is 32.0. The van der Waals surface area contributed by atoms with E-state index in [4.69, 9.17) is 28.4 Å².